The summed E-state index contributed by atoms with van der Waals surface area (Å²) in [6.07, 6.45) is 2.16. The summed E-state index contributed by atoms with van der Waals surface area (Å²) in [5.41, 5.74) is 1.16. The van der Waals surface area contributed by atoms with Crippen molar-refractivity contribution in [2.45, 2.75) is 37.1 Å². The third-order valence-electron chi connectivity index (χ3n) is 6.69. The lowest BCUT2D eigenvalue weighted by molar-refractivity contribution is -0.148. The quantitative estimate of drug-likeness (QED) is 0.422. The van der Waals surface area contributed by atoms with Gasteiger partial charge in [-0.1, -0.05) is 91.0 Å². The summed E-state index contributed by atoms with van der Waals surface area (Å²) in [4.78, 5) is 39.4. The molecule has 1 aliphatic rings. The van der Waals surface area contributed by atoms with Gasteiger partial charge in [0.05, 0.1) is 7.11 Å². The van der Waals surface area contributed by atoms with Crippen LogP contribution < -0.4 is 5.32 Å². The summed E-state index contributed by atoms with van der Waals surface area (Å²) in [6, 6.07) is 27.8. The van der Waals surface area contributed by atoms with Gasteiger partial charge in [-0.3, -0.25) is 9.59 Å². The lowest BCUT2D eigenvalue weighted by Gasteiger charge is -2.37. The molecular weight excluding hydrogens is 426 g/mol. The second kappa shape index (κ2) is 10.5. The number of benzene rings is 3. The van der Waals surface area contributed by atoms with Crippen LogP contribution in [0.3, 0.4) is 0 Å². The fourth-order valence-corrected chi connectivity index (χ4v) is 5.05. The molecule has 0 heterocycles. The van der Waals surface area contributed by atoms with Crippen molar-refractivity contribution in [2.75, 3.05) is 7.11 Å². The third kappa shape index (κ3) is 4.51. The zero-order chi connectivity index (χ0) is 24.0. The van der Waals surface area contributed by atoms with Gasteiger partial charge < -0.3 is 10.1 Å². The Morgan fingerprint density at radius 1 is 0.853 bits per heavy atom. The lowest BCUT2D eigenvalue weighted by atomic mass is 9.68. The summed E-state index contributed by atoms with van der Waals surface area (Å²) in [5.74, 6) is -1.04. The Morgan fingerprint density at radius 3 is 1.74 bits per heavy atom. The molecule has 1 saturated carbocycles. The molecule has 1 fully saturated rings. The van der Waals surface area contributed by atoms with Crippen molar-refractivity contribution in [1.29, 1.82) is 0 Å². The number of ketones is 1. The predicted octanol–water partition coefficient (Wildman–Crippen LogP) is 4.44. The van der Waals surface area contributed by atoms with Crippen LogP contribution in [0.2, 0.25) is 0 Å². The molecule has 0 saturated heterocycles. The van der Waals surface area contributed by atoms with E-state index in [2.05, 4.69) is 5.32 Å². The summed E-state index contributed by atoms with van der Waals surface area (Å²) >= 11 is 0. The number of rotatable bonds is 7. The Hall–Kier alpha value is -3.73. The number of esters is 1. The maximum Gasteiger partial charge on any atom is 0.328 e. The van der Waals surface area contributed by atoms with E-state index in [9.17, 15) is 14.4 Å². The Morgan fingerprint density at radius 2 is 1.32 bits per heavy atom. The van der Waals surface area contributed by atoms with Gasteiger partial charge in [-0.2, -0.15) is 0 Å². The zero-order valence-electron chi connectivity index (χ0n) is 19.3. The molecule has 174 valence electrons. The van der Waals surface area contributed by atoms with Crippen molar-refractivity contribution in [3.63, 3.8) is 0 Å². The minimum absolute atomic E-state index is 0.111. The highest BCUT2D eigenvalue weighted by atomic mass is 16.5. The molecule has 0 unspecified atom stereocenters. The largest absolute Gasteiger partial charge is 0.467 e. The van der Waals surface area contributed by atoms with E-state index < -0.39 is 17.4 Å². The molecule has 1 aliphatic carbocycles. The molecule has 1 amide bonds. The van der Waals surface area contributed by atoms with Crippen LogP contribution in [0.4, 0.5) is 0 Å². The smallest absolute Gasteiger partial charge is 0.328 e. The number of amides is 1. The number of hydrogen-bond donors (Lipinski definition) is 1. The molecule has 0 bridgehead atoms. The first-order chi connectivity index (χ1) is 16.6. The van der Waals surface area contributed by atoms with Crippen molar-refractivity contribution < 1.29 is 19.1 Å². The molecule has 34 heavy (non-hydrogen) atoms. The van der Waals surface area contributed by atoms with Crippen molar-refractivity contribution in [3.8, 4) is 0 Å². The van der Waals surface area contributed by atoms with Gasteiger partial charge >= 0.3 is 5.97 Å². The number of nitrogens with one attached hydrogen (secondary N) is 1. The zero-order valence-corrected chi connectivity index (χ0v) is 19.3. The van der Waals surface area contributed by atoms with Crippen molar-refractivity contribution >= 4 is 17.7 Å². The maximum atomic E-state index is 14.4. The first kappa shape index (κ1) is 23.4. The minimum Gasteiger partial charge on any atom is -0.467 e. The van der Waals surface area contributed by atoms with Crippen LogP contribution in [-0.4, -0.2) is 30.8 Å². The Kier molecular flexibility index (Phi) is 7.21. The Labute approximate surface area is 200 Å². The molecule has 1 N–H and O–H groups in total. The maximum absolute atomic E-state index is 14.4. The highest BCUT2D eigenvalue weighted by molar-refractivity contribution is 5.98. The standard InChI is InChI=1S/C29H29NO4/c1-34-27(32)26(21-12-11-19-25(31)20-21)30-28(33)29(22-13-5-2-6-14-22,23-15-7-3-8-16-23)24-17-9-4-10-18-24/h2-10,13-18,21,26H,11-12,19-20H2,1H3,(H,30,33)/t21-,26-/m1/s1. The summed E-state index contributed by atoms with van der Waals surface area (Å²) in [7, 11) is 1.31. The number of carbonyl (C=O) groups excluding carboxylic acids is 3. The molecule has 5 heteroatoms. The number of hydrogen-bond acceptors (Lipinski definition) is 4. The molecular formula is C29H29NO4. The van der Waals surface area contributed by atoms with Crippen LogP contribution >= 0.6 is 0 Å². The first-order valence-corrected chi connectivity index (χ1v) is 11.6. The van der Waals surface area contributed by atoms with E-state index in [0.29, 0.717) is 19.3 Å². The molecule has 3 aromatic carbocycles. The fraction of sp³-hybridized carbons (Fsp3) is 0.276. The predicted molar refractivity (Wildman–Crippen MR) is 130 cm³/mol. The van der Waals surface area contributed by atoms with Gasteiger partial charge in [-0.15, -0.1) is 0 Å². The second-order valence-electron chi connectivity index (χ2n) is 8.72. The average Bonchev–Trinajstić information content (AvgIpc) is 2.89. The van der Waals surface area contributed by atoms with Crippen LogP contribution in [-0.2, 0) is 24.5 Å². The van der Waals surface area contributed by atoms with Crippen LogP contribution in [0.15, 0.2) is 91.0 Å². The third-order valence-corrected chi connectivity index (χ3v) is 6.69. The van der Waals surface area contributed by atoms with Crippen molar-refractivity contribution in [1.82, 2.24) is 5.32 Å². The molecule has 0 spiro atoms. The van der Waals surface area contributed by atoms with Gasteiger partial charge in [-0.25, -0.2) is 4.79 Å². The second-order valence-corrected chi connectivity index (χ2v) is 8.72. The van der Waals surface area contributed by atoms with E-state index in [0.717, 1.165) is 16.7 Å². The summed E-state index contributed by atoms with van der Waals surface area (Å²) in [6.45, 7) is 0. The SMILES string of the molecule is COC(=O)[C@H](NC(=O)C(c1ccccc1)(c1ccccc1)c1ccccc1)[C@@H]1CCCC(=O)C1. The minimum atomic E-state index is -1.20. The van der Waals surface area contributed by atoms with Crippen LogP contribution in [0.25, 0.3) is 0 Å². The van der Waals surface area contributed by atoms with Crippen LogP contribution in [0.1, 0.15) is 42.4 Å². The van der Waals surface area contributed by atoms with E-state index in [4.69, 9.17) is 4.74 Å². The van der Waals surface area contributed by atoms with Crippen molar-refractivity contribution in [3.05, 3.63) is 108 Å². The van der Waals surface area contributed by atoms with Gasteiger partial charge in [0.15, 0.2) is 0 Å². The van der Waals surface area contributed by atoms with Gasteiger partial charge in [0.2, 0.25) is 5.91 Å². The molecule has 2 atom stereocenters. The van der Waals surface area contributed by atoms with Crippen LogP contribution in [0, 0.1) is 5.92 Å². The van der Waals surface area contributed by atoms with E-state index >= 15 is 0 Å². The van der Waals surface area contributed by atoms with Gasteiger partial charge in [0.1, 0.15) is 17.2 Å². The van der Waals surface area contributed by atoms with E-state index in [1.54, 1.807) is 0 Å². The van der Waals surface area contributed by atoms with Gasteiger partial charge in [0, 0.05) is 12.8 Å². The van der Waals surface area contributed by atoms with Gasteiger partial charge in [0.25, 0.3) is 0 Å². The topological polar surface area (TPSA) is 72.5 Å². The monoisotopic (exact) mass is 455 g/mol. The highest BCUT2D eigenvalue weighted by Gasteiger charge is 2.46. The molecule has 0 radical (unpaired) electrons. The molecule has 3 aromatic rings. The molecule has 5 nitrogen and oxygen atoms in total. The number of methoxy groups -OCH3 is 1. The molecule has 4 rings (SSSR count). The van der Waals surface area contributed by atoms with Crippen molar-refractivity contribution in [2.24, 2.45) is 5.92 Å². The summed E-state index contributed by atoms with van der Waals surface area (Å²) < 4.78 is 5.07. The fourth-order valence-electron chi connectivity index (χ4n) is 5.05. The lowest BCUT2D eigenvalue weighted by Crippen LogP contribution is -2.55. The number of ether oxygens (including phenoxy) is 1. The molecule has 0 aromatic heterocycles. The first-order valence-electron chi connectivity index (χ1n) is 11.6. The molecule has 0 aliphatic heterocycles. The average molecular weight is 456 g/mol. The van der Waals surface area contributed by atoms with E-state index in [1.807, 2.05) is 91.0 Å². The number of Topliss-reactive ketones (excluding diaryl/α,β-unsaturated/α-hetero) is 1. The van der Waals surface area contributed by atoms with E-state index in [-0.39, 0.29) is 24.0 Å². The van der Waals surface area contributed by atoms with Crippen LogP contribution in [0.5, 0.6) is 0 Å². The Bertz CT molecular complexity index is 1030. The number of carbonyl (C=O) groups is 3. The van der Waals surface area contributed by atoms with Gasteiger partial charge in [-0.05, 0) is 35.4 Å². The highest BCUT2D eigenvalue weighted by Crippen LogP contribution is 2.40. The van der Waals surface area contributed by atoms with E-state index in [1.165, 1.54) is 7.11 Å². The summed E-state index contributed by atoms with van der Waals surface area (Å²) in [5, 5.41) is 3.03. The normalized spacial score (nSPS) is 17.0. The Balaban J connectivity index is 1.86.